The van der Waals surface area contributed by atoms with E-state index in [0.29, 0.717) is 36.6 Å². The molecule has 0 aromatic carbocycles. The van der Waals surface area contributed by atoms with Crippen LogP contribution < -0.4 is 0 Å². The summed E-state index contributed by atoms with van der Waals surface area (Å²) in [7, 11) is 0. The van der Waals surface area contributed by atoms with E-state index in [1.807, 2.05) is 15.8 Å². The molecule has 1 unspecified atom stereocenters. The number of carbonyl (C=O) groups is 1. The van der Waals surface area contributed by atoms with Crippen LogP contribution in [0.3, 0.4) is 0 Å². The second-order valence-electron chi connectivity index (χ2n) is 9.12. The molecule has 0 radical (unpaired) electrons. The van der Waals surface area contributed by atoms with Crippen LogP contribution in [0.5, 0.6) is 0 Å². The van der Waals surface area contributed by atoms with Crippen molar-refractivity contribution in [2.45, 2.75) is 78.9 Å². The molecule has 1 amide bonds. The smallest absolute Gasteiger partial charge is 0.226 e. The van der Waals surface area contributed by atoms with Crippen molar-refractivity contribution in [3.05, 3.63) is 29.7 Å². The van der Waals surface area contributed by atoms with Crippen molar-refractivity contribution in [1.29, 1.82) is 0 Å². The Bertz CT molecular complexity index is 812. The summed E-state index contributed by atoms with van der Waals surface area (Å²) in [5.74, 6) is 1.96. The first-order chi connectivity index (χ1) is 14.3. The quantitative estimate of drug-likeness (QED) is 0.625. The van der Waals surface area contributed by atoms with E-state index in [9.17, 15) is 4.79 Å². The molecule has 3 rings (SSSR count). The number of aromatic nitrogens is 4. The van der Waals surface area contributed by atoms with Crippen LogP contribution in [0.4, 0.5) is 0 Å². The fourth-order valence-corrected chi connectivity index (χ4v) is 4.07. The number of amides is 1. The van der Waals surface area contributed by atoms with Gasteiger partial charge in [0.15, 0.2) is 5.82 Å². The standard InChI is InChI=1S/C22H36N6O2/c1-16(2)11-22-24-21(25-30-22)8-10-27(18(5)29)20-7-6-9-26(15-20)13-19-12-23-28(14-19)17(3)4/h12,14,16-17,20H,6-11,13,15H2,1-5H3. The monoisotopic (exact) mass is 416 g/mol. The molecule has 8 heteroatoms. The van der Waals surface area contributed by atoms with Gasteiger partial charge < -0.3 is 9.42 Å². The average molecular weight is 417 g/mol. The highest BCUT2D eigenvalue weighted by Gasteiger charge is 2.27. The van der Waals surface area contributed by atoms with Gasteiger partial charge in [-0.05, 0) is 39.2 Å². The maximum atomic E-state index is 12.4. The van der Waals surface area contributed by atoms with Gasteiger partial charge >= 0.3 is 0 Å². The molecule has 1 saturated heterocycles. The van der Waals surface area contributed by atoms with Crippen molar-refractivity contribution in [2.75, 3.05) is 19.6 Å². The highest BCUT2D eigenvalue weighted by Crippen LogP contribution is 2.19. The first kappa shape index (κ1) is 22.5. The highest BCUT2D eigenvalue weighted by atomic mass is 16.5. The molecular weight excluding hydrogens is 380 g/mol. The van der Waals surface area contributed by atoms with Crippen LogP contribution in [0.2, 0.25) is 0 Å². The summed E-state index contributed by atoms with van der Waals surface area (Å²) in [6.07, 6.45) is 7.62. The Morgan fingerprint density at radius 3 is 2.80 bits per heavy atom. The summed E-state index contributed by atoms with van der Waals surface area (Å²) in [5.41, 5.74) is 1.23. The van der Waals surface area contributed by atoms with Crippen LogP contribution in [0, 0.1) is 5.92 Å². The van der Waals surface area contributed by atoms with Gasteiger partial charge in [-0.3, -0.25) is 14.4 Å². The number of hydrogen-bond acceptors (Lipinski definition) is 6. The molecule has 0 saturated carbocycles. The van der Waals surface area contributed by atoms with E-state index >= 15 is 0 Å². The van der Waals surface area contributed by atoms with Gasteiger partial charge in [0, 0.05) is 63.2 Å². The van der Waals surface area contributed by atoms with Gasteiger partial charge in [-0.2, -0.15) is 10.1 Å². The van der Waals surface area contributed by atoms with E-state index in [1.54, 1.807) is 6.92 Å². The Hall–Kier alpha value is -2.22. The van der Waals surface area contributed by atoms with Crippen molar-refractivity contribution < 1.29 is 9.32 Å². The van der Waals surface area contributed by atoms with E-state index < -0.39 is 0 Å². The first-order valence-electron chi connectivity index (χ1n) is 11.2. The second-order valence-corrected chi connectivity index (χ2v) is 9.12. The maximum absolute atomic E-state index is 12.4. The van der Waals surface area contributed by atoms with Crippen LogP contribution in [0.25, 0.3) is 0 Å². The lowest BCUT2D eigenvalue weighted by atomic mass is 10.0. The number of carbonyl (C=O) groups excluding carboxylic acids is 1. The lowest BCUT2D eigenvalue weighted by Crippen LogP contribution is -2.50. The summed E-state index contributed by atoms with van der Waals surface area (Å²) >= 11 is 0. The molecule has 0 aliphatic carbocycles. The van der Waals surface area contributed by atoms with Gasteiger partial charge in [-0.15, -0.1) is 0 Å². The van der Waals surface area contributed by atoms with Gasteiger partial charge in [0.05, 0.1) is 6.20 Å². The summed E-state index contributed by atoms with van der Waals surface area (Å²) < 4.78 is 7.33. The molecular formula is C22H36N6O2. The number of rotatable bonds is 9. The Labute approximate surface area is 179 Å². The number of nitrogens with zero attached hydrogens (tertiary/aromatic N) is 6. The third-order valence-electron chi connectivity index (χ3n) is 5.59. The zero-order valence-corrected chi connectivity index (χ0v) is 19.0. The van der Waals surface area contributed by atoms with Crippen LogP contribution >= 0.6 is 0 Å². The zero-order chi connectivity index (χ0) is 21.7. The molecule has 0 N–H and O–H groups in total. The van der Waals surface area contributed by atoms with Gasteiger partial charge in [0.1, 0.15) is 0 Å². The Morgan fingerprint density at radius 2 is 2.13 bits per heavy atom. The second kappa shape index (κ2) is 10.2. The zero-order valence-electron chi connectivity index (χ0n) is 19.0. The van der Waals surface area contributed by atoms with E-state index in [-0.39, 0.29) is 11.9 Å². The van der Waals surface area contributed by atoms with Crippen molar-refractivity contribution in [3.8, 4) is 0 Å². The minimum Gasteiger partial charge on any atom is -0.339 e. The van der Waals surface area contributed by atoms with Gasteiger partial charge in [0.2, 0.25) is 11.8 Å². The molecule has 1 atom stereocenters. The fourth-order valence-electron chi connectivity index (χ4n) is 4.07. The Kier molecular flexibility index (Phi) is 7.64. The molecule has 166 valence electrons. The fraction of sp³-hybridized carbons (Fsp3) is 0.727. The van der Waals surface area contributed by atoms with Crippen molar-refractivity contribution in [2.24, 2.45) is 5.92 Å². The van der Waals surface area contributed by atoms with Gasteiger partial charge in [-0.1, -0.05) is 19.0 Å². The van der Waals surface area contributed by atoms with Crippen LogP contribution in [0.1, 0.15) is 70.8 Å². The minimum absolute atomic E-state index is 0.111. The average Bonchev–Trinajstić information content (AvgIpc) is 3.31. The van der Waals surface area contributed by atoms with Crippen LogP contribution in [0.15, 0.2) is 16.9 Å². The molecule has 1 fully saturated rings. The van der Waals surface area contributed by atoms with E-state index in [1.165, 1.54) is 5.56 Å². The summed E-state index contributed by atoms with van der Waals surface area (Å²) in [6, 6.07) is 0.589. The third-order valence-corrected chi connectivity index (χ3v) is 5.59. The molecule has 8 nitrogen and oxygen atoms in total. The molecule has 0 bridgehead atoms. The lowest BCUT2D eigenvalue weighted by molar-refractivity contribution is -0.132. The first-order valence-corrected chi connectivity index (χ1v) is 11.2. The van der Waals surface area contributed by atoms with Crippen molar-refractivity contribution >= 4 is 5.91 Å². The molecule has 30 heavy (non-hydrogen) atoms. The van der Waals surface area contributed by atoms with Gasteiger partial charge in [0.25, 0.3) is 0 Å². The molecule has 2 aromatic rings. The molecule has 1 aliphatic heterocycles. The predicted octanol–water partition coefficient (Wildman–Crippen LogP) is 3.10. The normalized spacial score (nSPS) is 17.8. The van der Waals surface area contributed by atoms with Gasteiger partial charge in [-0.25, -0.2) is 0 Å². The summed E-state index contributed by atoms with van der Waals surface area (Å²) in [6.45, 7) is 13.6. The molecule has 3 heterocycles. The largest absolute Gasteiger partial charge is 0.339 e. The maximum Gasteiger partial charge on any atom is 0.226 e. The van der Waals surface area contributed by atoms with Crippen molar-refractivity contribution in [3.63, 3.8) is 0 Å². The topological polar surface area (TPSA) is 80.3 Å². The number of piperidine rings is 1. The highest BCUT2D eigenvalue weighted by molar-refractivity contribution is 5.73. The number of hydrogen-bond donors (Lipinski definition) is 0. The SMILES string of the molecule is CC(=O)N(CCc1noc(CC(C)C)n1)C1CCCN(Cc2cnn(C(C)C)c2)C1. The Balaban J connectivity index is 1.56. The van der Waals surface area contributed by atoms with Crippen LogP contribution in [-0.2, 0) is 24.2 Å². The minimum atomic E-state index is 0.111. The summed E-state index contributed by atoms with van der Waals surface area (Å²) in [4.78, 5) is 21.3. The Morgan fingerprint density at radius 1 is 1.33 bits per heavy atom. The predicted molar refractivity (Wildman–Crippen MR) is 115 cm³/mol. The lowest BCUT2D eigenvalue weighted by Gasteiger charge is -2.39. The summed E-state index contributed by atoms with van der Waals surface area (Å²) in [5, 5.41) is 8.54. The molecule has 0 spiro atoms. The van der Waals surface area contributed by atoms with E-state index in [0.717, 1.165) is 38.9 Å². The molecule has 1 aliphatic rings. The van der Waals surface area contributed by atoms with E-state index in [4.69, 9.17) is 4.52 Å². The van der Waals surface area contributed by atoms with Crippen LogP contribution in [-0.4, -0.2) is 61.3 Å². The molecule has 2 aromatic heterocycles. The van der Waals surface area contributed by atoms with Crippen molar-refractivity contribution in [1.82, 2.24) is 29.7 Å². The number of likely N-dealkylation sites (tertiary alicyclic amines) is 1. The van der Waals surface area contributed by atoms with E-state index in [2.05, 4.69) is 54.0 Å². The third kappa shape index (κ3) is 6.14.